The number of unbranched alkanes of at least 4 members (excludes halogenated alkanes) is 1. The van der Waals surface area contributed by atoms with Crippen molar-refractivity contribution in [2.24, 2.45) is 0 Å². The SMILES string of the molecule is CCCCOC(=O)c1ccc(NC(=O)CSc2nnc(-c3ccccc3[N+](=O)[O-])o2)cc1. The van der Waals surface area contributed by atoms with Gasteiger partial charge in [0.25, 0.3) is 16.8 Å². The molecule has 0 unspecified atom stereocenters. The standard InChI is InChI=1S/C21H20N4O6S/c1-2-3-12-30-20(27)14-8-10-15(11-9-14)22-18(26)13-32-21-24-23-19(31-21)16-6-4-5-7-17(16)25(28)29/h4-11H,2-3,12-13H2,1H3,(H,22,26). The van der Waals surface area contributed by atoms with Gasteiger partial charge < -0.3 is 14.5 Å². The molecule has 0 aliphatic carbocycles. The second-order valence-electron chi connectivity index (χ2n) is 6.55. The number of nitrogens with one attached hydrogen (secondary N) is 1. The molecule has 1 heterocycles. The van der Waals surface area contributed by atoms with Crippen molar-refractivity contribution in [3.8, 4) is 11.5 Å². The largest absolute Gasteiger partial charge is 0.462 e. The first-order valence-electron chi connectivity index (χ1n) is 9.75. The topological polar surface area (TPSA) is 137 Å². The minimum absolute atomic E-state index is 0.00150. The molecular formula is C21H20N4O6S. The van der Waals surface area contributed by atoms with Gasteiger partial charge in [0.1, 0.15) is 5.56 Å². The summed E-state index contributed by atoms with van der Waals surface area (Å²) in [4.78, 5) is 34.7. The van der Waals surface area contributed by atoms with E-state index in [9.17, 15) is 19.7 Å². The fourth-order valence-electron chi connectivity index (χ4n) is 2.60. The van der Waals surface area contributed by atoms with E-state index >= 15 is 0 Å². The van der Waals surface area contributed by atoms with Crippen molar-refractivity contribution in [2.75, 3.05) is 17.7 Å². The molecule has 1 N–H and O–H groups in total. The van der Waals surface area contributed by atoms with Gasteiger partial charge in [-0.1, -0.05) is 37.2 Å². The first-order valence-corrected chi connectivity index (χ1v) is 10.7. The van der Waals surface area contributed by atoms with E-state index < -0.39 is 10.9 Å². The molecule has 0 aliphatic rings. The summed E-state index contributed by atoms with van der Waals surface area (Å²) in [6, 6.07) is 12.4. The molecule has 0 fully saturated rings. The van der Waals surface area contributed by atoms with Crippen LogP contribution in [-0.2, 0) is 9.53 Å². The van der Waals surface area contributed by atoms with Gasteiger partial charge in [0.2, 0.25) is 5.91 Å². The maximum absolute atomic E-state index is 12.2. The zero-order valence-electron chi connectivity index (χ0n) is 17.1. The van der Waals surface area contributed by atoms with E-state index in [4.69, 9.17) is 9.15 Å². The highest BCUT2D eigenvalue weighted by Crippen LogP contribution is 2.30. The van der Waals surface area contributed by atoms with Crippen LogP contribution in [0.5, 0.6) is 0 Å². The number of carbonyl (C=O) groups is 2. The lowest BCUT2D eigenvalue weighted by Crippen LogP contribution is -2.14. The van der Waals surface area contributed by atoms with E-state index in [1.165, 1.54) is 12.1 Å². The van der Waals surface area contributed by atoms with Crippen molar-refractivity contribution < 1.29 is 23.7 Å². The number of thioether (sulfide) groups is 1. The van der Waals surface area contributed by atoms with Gasteiger partial charge in [-0.25, -0.2) is 4.79 Å². The highest BCUT2D eigenvalue weighted by Gasteiger charge is 2.20. The Morgan fingerprint density at radius 1 is 1.16 bits per heavy atom. The van der Waals surface area contributed by atoms with Crippen molar-refractivity contribution in [1.82, 2.24) is 10.2 Å². The maximum atomic E-state index is 12.2. The Hall–Kier alpha value is -3.73. The van der Waals surface area contributed by atoms with Gasteiger partial charge in [0, 0.05) is 11.8 Å². The molecule has 0 saturated carbocycles. The number of hydrogen-bond donors (Lipinski definition) is 1. The zero-order chi connectivity index (χ0) is 22.9. The summed E-state index contributed by atoms with van der Waals surface area (Å²) in [6.07, 6.45) is 1.74. The molecule has 3 aromatic rings. The van der Waals surface area contributed by atoms with Crippen LogP contribution in [0, 0.1) is 10.1 Å². The van der Waals surface area contributed by atoms with Crippen molar-refractivity contribution >= 4 is 35.0 Å². The number of rotatable bonds is 10. The summed E-state index contributed by atoms with van der Waals surface area (Å²) in [5, 5.41) is 21.6. The van der Waals surface area contributed by atoms with Crippen LogP contribution < -0.4 is 5.32 Å². The molecule has 2 aromatic carbocycles. The number of esters is 1. The van der Waals surface area contributed by atoms with E-state index in [0.29, 0.717) is 17.9 Å². The fraction of sp³-hybridized carbons (Fsp3) is 0.238. The van der Waals surface area contributed by atoms with Gasteiger partial charge in [-0.15, -0.1) is 10.2 Å². The molecular weight excluding hydrogens is 436 g/mol. The van der Waals surface area contributed by atoms with E-state index in [1.807, 2.05) is 6.92 Å². The Balaban J connectivity index is 1.53. The lowest BCUT2D eigenvalue weighted by Gasteiger charge is -2.06. The number of hydrogen-bond acceptors (Lipinski definition) is 9. The number of aromatic nitrogens is 2. The molecule has 10 nitrogen and oxygen atoms in total. The van der Waals surface area contributed by atoms with Crippen LogP contribution in [-0.4, -0.2) is 39.4 Å². The lowest BCUT2D eigenvalue weighted by molar-refractivity contribution is -0.384. The molecule has 0 spiro atoms. The van der Waals surface area contributed by atoms with Gasteiger partial charge in [0.15, 0.2) is 0 Å². The van der Waals surface area contributed by atoms with Crippen LogP contribution in [0.25, 0.3) is 11.5 Å². The van der Waals surface area contributed by atoms with E-state index in [2.05, 4.69) is 15.5 Å². The first-order chi connectivity index (χ1) is 15.5. The zero-order valence-corrected chi connectivity index (χ0v) is 18.0. The second kappa shape index (κ2) is 11.0. The third-order valence-electron chi connectivity index (χ3n) is 4.20. The molecule has 166 valence electrons. The molecule has 3 rings (SSSR count). The third kappa shape index (κ3) is 6.14. The number of nitro groups is 1. The summed E-state index contributed by atoms with van der Waals surface area (Å²) in [5.41, 5.74) is 0.978. The predicted octanol–water partition coefficient (Wildman–Crippen LogP) is 4.33. The van der Waals surface area contributed by atoms with Crippen LogP contribution in [0.4, 0.5) is 11.4 Å². The lowest BCUT2D eigenvalue weighted by atomic mass is 10.2. The number of carbonyl (C=O) groups excluding carboxylic acids is 2. The number of nitro benzene ring substituents is 1. The molecule has 0 radical (unpaired) electrons. The van der Waals surface area contributed by atoms with E-state index in [1.54, 1.807) is 36.4 Å². The summed E-state index contributed by atoms with van der Waals surface area (Å²) >= 11 is 1.00. The third-order valence-corrected chi connectivity index (χ3v) is 5.02. The van der Waals surface area contributed by atoms with Crippen LogP contribution in [0.1, 0.15) is 30.1 Å². The van der Waals surface area contributed by atoms with Crippen molar-refractivity contribution in [3.05, 3.63) is 64.2 Å². The highest BCUT2D eigenvalue weighted by atomic mass is 32.2. The summed E-state index contributed by atoms with van der Waals surface area (Å²) in [6.45, 7) is 2.39. The predicted molar refractivity (Wildman–Crippen MR) is 117 cm³/mol. The van der Waals surface area contributed by atoms with Crippen molar-refractivity contribution in [1.29, 1.82) is 0 Å². The molecule has 32 heavy (non-hydrogen) atoms. The summed E-state index contributed by atoms with van der Waals surface area (Å²) < 4.78 is 10.6. The number of ether oxygens (including phenoxy) is 1. The fourth-order valence-corrected chi connectivity index (χ4v) is 3.16. The van der Waals surface area contributed by atoms with Crippen LogP contribution in [0.15, 0.2) is 58.2 Å². The number of benzene rings is 2. The molecule has 1 amide bonds. The van der Waals surface area contributed by atoms with Crippen LogP contribution in [0.2, 0.25) is 0 Å². The monoisotopic (exact) mass is 456 g/mol. The molecule has 0 aliphatic heterocycles. The second-order valence-corrected chi connectivity index (χ2v) is 7.48. The smallest absolute Gasteiger partial charge is 0.338 e. The Morgan fingerprint density at radius 2 is 1.91 bits per heavy atom. The Kier molecular flexibility index (Phi) is 7.92. The number of amides is 1. The Morgan fingerprint density at radius 3 is 2.62 bits per heavy atom. The number of para-hydroxylation sites is 1. The average Bonchev–Trinajstić information content (AvgIpc) is 3.27. The molecule has 0 atom stereocenters. The molecule has 0 bridgehead atoms. The van der Waals surface area contributed by atoms with E-state index in [-0.39, 0.29) is 34.0 Å². The molecule has 11 heteroatoms. The van der Waals surface area contributed by atoms with Gasteiger partial charge in [-0.05, 0) is 36.8 Å². The molecule has 1 aromatic heterocycles. The van der Waals surface area contributed by atoms with E-state index in [0.717, 1.165) is 24.6 Å². The van der Waals surface area contributed by atoms with Gasteiger partial charge in [-0.2, -0.15) is 0 Å². The molecule has 0 saturated heterocycles. The Labute approximate surface area is 187 Å². The van der Waals surface area contributed by atoms with Gasteiger partial charge in [0.05, 0.1) is 22.8 Å². The van der Waals surface area contributed by atoms with Crippen molar-refractivity contribution in [3.63, 3.8) is 0 Å². The number of nitrogens with zero attached hydrogens (tertiary/aromatic N) is 3. The van der Waals surface area contributed by atoms with Crippen LogP contribution in [0.3, 0.4) is 0 Å². The van der Waals surface area contributed by atoms with Gasteiger partial charge >= 0.3 is 5.97 Å². The quantitative estimate of drug-likeness (QED) is 0.155. The van der Waals surface area contributed by atoms with Crippen molar-refractivity contribution in [2.45, 2.75) is 25.0 Å². The van der Waals surface area contributed by atoms with Crippen LogP contribution >= 0.6 is 11.8 Å². The normalized spacial score (nSPS) is 10.5. The summed E-state index contributed by atoms with van der Waals surface area (Å²) in [5.74, 6) is -0.739. The maximum Gasteiger partial charge on any atom is 0.338 e. The minimum Gasteiger partial charge on any atom is -0.462 e. The summed E-state index contributed by atoms with van der Waals surface area (Å²) in [7, 11) is 0. The number of anilines is 1. The Bertz CT molecular complexity index is 1100. The highest BCUT2D eigenvalue weighted by molar-refractivity contribution is 7.99. The van der Waals surface area contributed by atoms with Gasteiger partial charge in [-0.3, -0.25) is 14.9 Å². The first kappa shape index (κ1) is 22.9. The average molecular weight is 456 g/mol. The minimum atomic E-state index is -0.532.